The summed E-state index contributed by atoms with van der Waals surface area (Å²) in [7, 11) is 1.70. The summed E-state index contributed by atoms with van der Waals surface area (Å²) in [5.41, 5.74) is 2.55. The van der Waals surface area contributed by atoms with Gasteiger partial charge in [0.15, 0.2) is 5.96 Å². The number of nitrogens with zero attached hydrogens (tertiary/aromatic N) is 1. The first-order valence-electron chi connectivity index (χ1n) is 7.98. The Balaban J connectivity index is 1.76. The molecule has 0 unspecified atom stereocenters. The van der Waals surface area contributed by atoms with E-state index >= 15 is 0 Å². The largest absolute Gasteiger partial charge is 0.497 e. The van der Waals surface area contributed by atoms with Gasteiger partial charge in [-0.3, -0.25) is 0 Å². The van der Waals surface area contributed by atoms with E-state index in [2.05, 4.69) is 51.5 Å². The molecule has 0 radical (unpaired) electrons. The van der Waals surface area contributed by atoms with E-state index in [9.17, 15) is 0 Å². The number of hydrogen-bond acceptors (Lipinski definition) is 3. The van der Waals surface area contributed by atoms with Crippen LogP contribution in [0.25, 0.3) is 0 Å². The van der Waals surface area contributed by atoms with Gasteiger partial charge in [0.25, 0.3) is 0 Å². The Kier molecular flexibility index (Phi) is 7.46. The van der Waals surface area contributed by atoms with Gasteiger partial charge >= 0.3 is 0 Å². The smallest absolute Gasteiger partial charge is 0.191 e. The number of methoxy groups -OCH3 is 1. The maximum absolute atomic E-state index is 5.25. The van der Waals surface area contributed by atoms with E-state index in [0.29, 0.717) is 6.54 Å². The lowest BCUT2D eigenvalue weighted by Gasteiger charge is -2.11. The van der Waals surface area contributed by atoms with E-state index in [1.807, 2.05) is 12.1 Å². The number of nitrogens with one attached hydrogen (secondary N) is 2. The summed E-state index contributed by atoms with van der Waals surface area (Å²) in [6.45, 7) is 4.56. The maximum Gasteiger partial charge on any atom is 0.191 e. The number of aryl methyl sites for hydroxylation is 1. The summed E-state index contributed by atoms with van der Waals surface area (Å²) in [5.74, 6) is 1.80. The highest BCUT2D eigenvalue weighted by molar-refractivity contribution is 7.07. The van der Waals surface area contributed by atoms with Crippen LogP contribution in [0.1, 0.15) is 24.5 Å². The minimum atomic E-state index is 0.717. The van der Waals surface area contributed by atoms with Crippen LogP contribution in [-0.4, -0.2) is 26.2 Å². The van der Waals surface area contributed by atoms with Crippen LogP contribution in [-0.2, 0) is 13.0 Å². The normalized spacial score (nSPS) is 11.3. The van der Waals surface area contributed by atoms with E-state index in [1.165, 1.54) is 11.1 Å². The molecule has 1 aromatic heterocycles. The zero-order valence-corrected chi connectivity index (χ0v) is 14.7. The molecule has 0 fully saturated rings. The lowest BCUT2D eigenvalue weighted by Crippen LogP contribution is -2.37. The third-order valence-corrected chi connectivity index (χ3v) is 4.14. The van der Waals surface area contributed by atoms with Crippen LogP contribution in [0.3, 0.4) is 0 Å². The Labute approximate surface area is 142 Å². The lowest BCUT2D eigenvalue weighted by atomic mass is 10.1. The van der Waals surface area contributed by atoms with Crippen LogP contribution < -0.4 is 15.4 Å². The van der Waals surface area contributed by atoms with Crippen LogP contribution >= 0.6 is 11.3 Å². The summed E-state index contributed by atoms with van der Waals surface area (Å²) < 4.78 is 5.25. The van der Waals surface area contributed by atoms with E-state index in [1.54, 1.807) is 18.4 Å². The van der Waals surface area contributed by atoms with Gasteiger partial charge in [-0.05, 0) is 59.9 Å². The van der Waals surface area contributed by atoms with Crippen molar-refractivity contribution < 1.29 is 4.74 Å². The molecule has 0 spiro atoms. The van der Waals surface area contributed by atoms with Crippen LogP contribution in [0.15, 0.2) is 46.1 Å². The lowest BCUT2D eigenvalue weighted by molar-refractivity contribution is 0.414. The van der Waals surface area contributed by atoms with Crippen molar-refractivity contribution in [1.29, 1.82) is 0 Å². The van der Waals surface area contributed by atoms with Crippen molar-refractivity contribution in [3.05, 3.63) is 52.2 Å². The minimum absolute atomic E-state index is 0.717. The van der Waals surface area contributed by atoms with Crippen LogP contribution in [0.4, 0.5) is 0 Å². The fourth-order valence-corrected chi connectivity index (χ4v) is 2.88. The summed E-state index contributed by atoms with van der Waals surface area (Å²) in [6, 6.07) is 10.4. The van der Waals surface area contributed by atoms with Crippen molar-refractivity contribution >= 4 is 17.3 Å². The molecule has 2 N–H and O–H groups in total. The predicted molar refractivity (Wildman–Crippen MR) is 98.5 cm³/mol. The summed E-state index contributed by atoms with van der Waals surface area (Å²) in [6.07, 6.45) is 2.07. The molecule has 0 atom stereocenters. The zero-order chi connectivity index (χ0) is 16.3. The van der Waals surface area contributed by atoms with Gasteiger partial charge in [0.1, 0.15) is 5.75 Å². The molecule has 2 aromatic rings. The number of benzene rings is 1. The standard InChI is InChI=1S/C18H25N3OS/c1-3-19-18(21-13-16-9-11-23-14-16)20-10-5-7-15-6-4-8-17(12-15)22-2/h4,6,8-9,11-12,14H,3,5,7,10,13H2,1-2H3,(H2,19,20,21). The third-order valence-electron chi connectivity index (χ3n) is 3.41. The first-order valence-corrected chi connectivity index (χ1v) is 8.92. The van der Waals surface area contributed by atoms with Gasteiger partial charge in [0.05, 0.1) is 13.7 Å². The number of hydrogen-bond donors (Lipinski definition) is 2. The third kappa shape index (κ3) is 6.32. The first-order chi connectivity index (χ1) is 11.3. The number of thiophene rings is 1. The van der Waals surface area contributed by atoms with Crippen LogP contribution in [0.2, 0.25) is 0 Å². The highest BCUT2D eigenvalue weighted by Gasteiger charge is 1.99. The molecule has 0 amide bonds. The average Bonchev–Trinajstić information content (AvgIpc) is 3.10. The van der Waals surface area contributed by atoms with E-state index < -0.39 is 0 Å². The maximum atomic E-state index is 5.25. The van der Waals surface area contributed by atoms with E-state index in [0.717, 1.165) is 37.6 Å². The van der Waals surface area contributed by atoms with Crippen molar-refractivity contribution in [3.63, 3.8) is 0 Å². The van der Waals surface area contributed by atoms with Gasteiger partial charge in [0.2, 0.25) is 0 Å². The molecule has 2 rings (SSSR count). The molecule has 0 bridgehead atoms. The van der Waals surface area contributed by atoms with Crippen molar-refractivity contribution in [1.82, 2.24) is 10.6 Å². The molecule has 0 aliphatic carbocycles. The second-order valence-electron chi connectivity index (χ2n) is 5.21. The summed E-state index contributed by atoms with van der Waals surface area (Å²) in [5, 5.41) is 10.9. The Bertz CT molecular complexity index is 596. The fourth-order valence-electron chi connectivity index (χ4n) is 2.22. The Morgan fingerprint density at radius 1 is 1.22 bits per heavy atom. The Morgan fingerprint density at radius 3 is 2.87 bits per heavy atom. The SMILES string of the molecule is CCNC(=NCc1ccsc1)NCCCc1cccc(OC)c1. The molecular formula is C18H25N3OS. The monoisotopic (exact) mass is 331 g/mol. The second-order valence-corrected chi connectivity index (χ2v) is 5.99. The molecule has 0 aliphatic heterocycles. The molecular weight excluding hydrogens is 306 g/mol. The number of ether oxygens (including phenoxy) is 1. The molecule has 1 heterocycles. The van der Waals surface area contributed by atoms with Crippen molar-refractivity contribution in [2.45, 2.75) is 26.3 Å². The van der Waals surface area contributed by atoms with Gasteiger partial charge < -0.3 is 15.4 Å². The molecule has 0 saturated heterocycles. The quantitative estimate of drug-likeness (QED) is 0.442. The molecule has 124 valence electrons. The molecule has 4 nitrogen and oxygen atoms in total. The number of guanidine groups is 1. The topological polar surface area (TPSA) is 45.7 Å². The predicted octanol–water partition coefficient (Wildman–Crippen LogP) is 3.44. The zero-order valence-electron chi connectivity index (χ0n) is 13.8. The Hall–Kier alpha value is -2.01. The molecule has 23 heavy (non-hydrogen) atoms. The number of aliphatic imine (C=N–C) groups is 1. The Morgan fingerprint density at radius 2 is 2.13 bits per heavy atom. The average molecular weight is 331 g/mol. The molecule has 5 heteroatoms. The summed E-state index contributed by atoms with van der Waals surface area (Å²) in [4.78, 5) is 4.61. The van der Waals surface area contributed by atoms with Gasteiger partial charge in [-0.1, -0.05) is 12.1 Å². The van der Waals surface area contributed by atoms with E-state index in [4.69, 9.17) is 4.74 Å². The highest BCUT2D eigenvalue weighted by atomic mass is 32.1. The molecule has 0 aliphatic rings. The highest BCUT2D eigenvalue weighted by Crippen LogP contribution is 2.13. The number of rotatable bonds is 8. The van der Waals surface area contributed by atoms with Gasteiger partial charge in [0, 0.05) is 13.1 Å². The van der Waals surface area contributed by atoms with Gasteiger partial charge in [-0.15, -0.1) is 0 Å². The molecule has 0 saturated carbocycles. The van der Waals surface area contributed by atoms with Crippen molar-refractivity contribution in [2.75, 3.05) is 20.2 Å². The first kappa shape index (κ1) is 17.3. The van der Waals surface area contributed by atoms with Crippen LogP contribution in [0.5, 0.6) is 5.75 Å². The van der Waals surface area contributed by atoms with E-state index in [-0.39, 0.29) is 0 Å². The minimum Gasteiger partial charge on any atom is -0.497 e. The second kappa shape index (κ2) is 9.90. The van der Waals surface area contributed by atoms with Crippen molar-refractivity contribution in [3.8, 4) is 5.75 Å². The van der Waals surface area contributed by atoms with Crippen LogP contribution in [0, 0.1) is 0 Å². The fraction of sp³-hybridized carbons (Fsp3) is 0.389. The van der Waals surface area contributed by atoms with Gasteiger partial charge in [-0.25, -0.2) is 4.99 Å². The summed E-state index contributed by atoms with van der Waals surface area (Å²) >= 11 is 1.71. The van der Waals surface area contributed by atoms with Crippen molar-refractivity contribution in [2.24, 2.45) is 4.99 Å². The molecule has 1 aromatic carbocycles. The van der Waals surface area contributed by atoms with Gasteiger partial charge in [-0.2, -0.15) is 11.3 Å².